The van der Waals surface area contributed by atoms with Gasteiger partial charge in [-0.2, -0.15) is 0 Å². The summed E-state index contributed by atoms with van der Waals surface area (Å²) in [4.78, 5) is 0. The maximum atomic E-state index is 5.80. The summed E-state index contributed by atoms with van der Waals surface area (Å²) in [6.45, 7) is 4.41. The first kappa shape index (κ1) is 14.0. The van der Waals surface area contributed by atoms with Crippen LogP contribution in [0.4, 0.5) is 0 Å². The topological polar surface area (TPSA) is 30.5 Å². The minimum absolute atomic E-state index is 0.716. The Morgan fingerprint density at radius 3 is 2.62 bits per heavy atom. The molecule has 0 aliphatic carbocycles. The average molecular weight is 283 g/mol. The van der Waals surface area contributed by atoms with Gasteiger partial charge in [-0.1, -0.05) is 29.8 Å². The Bertz CT molecular complexity index is 637. The SMILES string of the molecule is CNCc1ccc(C)cc1-c1ccc2c(c1)OCCCO2. The Kier molecular flexibility index (Phi) is 4.11. The maximum Gasteiger partial charge on any atom is 0.161 e. The van der Waals surface area contributed by atoms with Crippen molar-refractivity contribution < 1.29 is 9.47 Å². The van der Waals surface area contributed by atoms with Crippen LogP contribution < -0.4 is 14.8 Å². The van der Waals surface area contributed by atoms with Crippen molar-refractivity contribution in [3.8, 4) is 22.6 Å². The van der Waals surface area contributed by atoms with E-state index in [9.17, 15) is 0 Å². The van der Waals surface area contributed by atoms with E-state index in [0.717, 1.165) is 31.1 Å². The van der Waals surface area contributed by atoms with Crippen molar-refractivity contribution in [1.82, 2.24) is 5.32 Å². The summed E-state index contributed by atoms with van der Waals surface area (Å²) in [5.41, 5.74) is 4.97. The molecule has 0 fully saturated rings. The molecule has 3 rings (SSSR count). The average Bonchev–Trinajstić information content (AvgIpc) is 2.73. The molecule has 110 valence electrons. The first-order valence-electron chi connectivity index (χ1n) is 7.42. The van der Waals surface area contributed by atoms with Gasteiger partial charge in [0.05, 0.1) is 13.2 Å². The molecule has 1 heterocycles. The molecule has 0 amide bonds. The lowest BCUT2D eigenvalue weighted by molar-refractivity contribution is 0.297. The summed E-state index contributed by atoms with van der Waals surface area (Å²) in [6, 6.07) is 12.8. The van der Waals surface area contributed by atoms with Crippen molar-refractivity contribution in [3.05, 3.63) is 47.5 Å². The fraction of sp³-hybridized carbons (Fsp3) is 0.333. The predicted octanol–water partition coefficient (Wildman–Crippen LogP) is 3.54. The van der Waals surface area contributed by atoms with Gasteiger partial charge in [-0.25, -0.2) is 0 Å². The van der Waals surface area contributed by atoms with E-state index in [0.29, 0.717) is 6.61 Å². The number of aryl methyl sites for hydroxylation is 1. The van der Waals surface area contributed by atoms with Gasteiger partial charge in [-0.15, -0.1) is 0 Å². The molecule has 0 aromatic heterocycles. The third-order valence-electron chi connectivity index (χ3n) is 3.69. The van der Waals surface area contributed by atoms with E-state index >= 15 is 0 Å². The zero-order chi connectivity index (χ0) is 14.7. The first-order chi connectivity index (χ1) is 10.3. The predicted molar refractivity (Wildman–Crippen MR) is 85.0 cm³/mol. The van der Waals surface area contributed by atoms with E-state index in [2.05, 4.69) is 42.6 Å². The molecule has 0 saturated carbocycles. The van der Waals surface area contributed by atoms with Gasteiger partial charge in [-0.05, 0) is 42.8 Å². The fourth-order valence-electron chi connectivity index (χ4n) is 2.63. The second kappa shape index (κ2) is 6.19. The van der Waals surface area contributed by atoms with E-state index in [1.54, 1.807) is 0 Å². The normalized spacial score (nSPS) is 13.8. The molecule has 1 aliphatic rings. The molecule has 3 nitrogen and oxygen atoms in total. The highest BCUT2D eigenvalue weighted by Gasteiger charge is 2.13. The molecule has 0 bridgehead atoms. The summed E-state index contributed by atoms with van der Waals surface area (Å²) in [7, 11) is 1.97. The van der Waals surface area contributed by atoms with Crippen LogP contribution in [0.15, 0.2) is 36.4 Å². The van der Waals surface area contributed by atoms with Gasteiger partial charge in [0.2, 0.25) is 0 Å². The highest BCUT2D eigenvalue weighted by Crippen LogP contribution is 2.35. The Hall–Kier alpha value is -2.00. The fourth-order valence-corrected chi connectivity index (χ4v) is 2.63. The molecule has 0 radical (unpaired) electrons. The van der Waals surface area contributed by atoms with Gasteiger partial charge < -0.3 is 14.8 Å². The molecule has 0 unspecified atom stereocenters. The molecule has 2 aromatic rings. The third-order valence-corrected chi connectivity index (χ3v) is 3.69. The van der Waals surface area contributed by atoms with Gasteiger partial charge in [0.1, 0.15) is 0 Å². The molecule has 2 aromatic carbocycles. The Balaban J connectivity index is 2.04. The van der Waals surface area contributed by atoms with E-state index in [4.69, 9.17) is 9.47 Å². The number of nitrogens with one attached hydrogen (secondary N) is 1. The van der Waals surface area contributed by atoms with E-state index in [1.165, 1.54) is 22.3 Å². The number of hydrogen-bond acceptors (Lipinski definition) is 3. The Morgan fingerprint density at radius 2 is 1.81 bits per heavy atom. The summed E-state index contributed by atoms with van der Waals surface area (Å²) >= 11 is 0. The molecule has 0 saturated heterocycles. The molecule has 3 heteroatoms. The molecule has 1 N–H and O–H groups in total. The van der Waals surface area contributed by atoms with Crippen LogP contribution in [0.1, 0.15) is 17.5 Å². The zero-order valence-electron chi connectivity index (χ0n) is 12.6. The number of hydrogen-bond donors (Lipinski definition) is 1. The monoisotopic (exact) mass is 283 g/mol. The largest absolute Gasteiger partial charge is 0.490 e. The lowest BCUT2D eigenvalue weighted by Crippen LogP contribution is -2.06. The summed E-state index contributed by atoms with van der Waals surface area (Å²) < 4.78 is 11.5. The lowest BCUT2D eigenvalue weighted by atomic mass is 9.97. The molecular weight excluding hydrogens is 262 g/mol. The van der Waals surface area contributed by atoms with Gasteiger partial charge in [-0.3, -0.25) is 0 Å². The number of ether oxygens (including phenoxy) is 2. The summed E-state index contributed by atoms with van der Waals surface area (Å²) in [6.07, 6.45) is 0.930. The van der Waals surface area contributed by atoms with Crippen LogP contribution in [-0.4, -0.2) is 20.3 Å². The Labute approximate surface area is 125 Å². The smallest absolute Gasteiger partial charge is 0.161 e. The van der Waals surface area contributed by atoms with Crippen molar-refractivity contribution in [2.24, 2.45) is 0 Å². The van der Waals surface area contributed by atoms with Crippen LogP contribution in [0.3, 0.4) is 0 Å². The Morgan fingerprint density at radius 1 is 1.00 bits per heavy atom. The molecule has 0 atom stereocenters. The summed E-state index contributed by atoms with van der Waals surface area (Å²) in [5, 5.41) is 3.23. The second-order valence-electron chi connectivity index (χ2n) is 5.40. The van der Waals surface area contributed by atoms with Crippen molar-refractivity contribution in [3.63, 3.8) is 0 Å². The number of rotatable bonds is 3. The summed E-state index contributed by atoms with van der Waals surface area (Å²) in [5.74, 6) is 1.70. The van der Waals surface area contributed by atoms with Crippen LogP contribution in [0.5, 0.6) is 11.5 Å². The van der Waals surface area contributed by atoms with Crippen molar-refractivity contribution in [2.75, 3.05) is 20.3 Å². The van der Waals surface area contributed by atoms with Gasteiger partial charge in [0.25, 0.3) is 0 Å². The van der Waals surface area contributed by atoms with Gasteiger partial charge >= 0.3 is 0 Å². The van der Waals surface area contributed by atoms with Gasteiger partial charge in [0, 0.05) is 13.0 Å². The maximum absolute atomic E-state index is 5.80. The molecular formula is C18H21NO2. The van der Waals surface area contributed by atoms with Crippen molar-refractivity contribution in [1.29, 1.82) is 0 Å². The lowest BCUT2D eigenvalue weighted by Gasteiger charge is -2.13. The quantitative estimate of drug-likeness (QED) is 0.934. The molecule has 0 spiro atoms. The first-order valence-corrected chi connectivity index (χ1v) is 7.42. The van der Waals surface area contributed by atoms with Crippen LogP contribution in [0, 0.1) is 6.92 Å². The minimum Gasteiger partial charge on any atom is -0.490 e. The van der Waals surface area contributed by atoms with Crippen LogP contribution in [0.2, 0.25) is 0 Å². The van der Waals surface area contributed by atoms with E-state index < -0.39 is 0 Å². The standard InChI is InChI=1S/C18H21NO2/c1-13-4-5-15(12-19-2)16(10-13)14-6-7-17-18(11-14)21-9-3-8-20-17/h4-7,10-11,19H,3,8-9,12H2,1-2H3. The zero-order valence-corrected chi connectivity index (χ0v) is 12.6. The van der Waals surface area contributed by atoms with E-state index in [-0.39, 0.29) is 0 Å². The van der Waals surface area contributed by atoms with Crippen LogP contribution in [0.25, 0.3) is 11.1 Å². The highest BCUT2D eigenvalue weighted by atomic mass is 16.5. The number of fused-ring (bicyclic) bond motifs is 1. The molecule has 21 heavy (non-hydrogen) atoms. The minimum atomic E-state index is 0.716. The van der Waals surface area contributed by atoms with Crippen molar-refractivity contribution >= 4 is 0 Å². The third kappa shape index (κ3) is 3.03. The number of benzene rings is 2. The highest BCUT2D eigenvalue weighted by molar-refractivity contribution is 5.71. The van der Waals surface area contributed by atoms with Crippen LogP contribution in [-0.2, 0) is 6.54 Å². The van der Waals surface area contributed by atoms with Gasteiger partial charge in [0.15, 0.2) is 11.5 Å². The van der Waals surface area contributed by atoms with Crippen molar-refractivity contribution in [2.45, 2.75) is 19.9 Å². The second-order valence-corrected chi connectivity index (χ2v) is 5.40. The van der Waals surface area contributed by atoms with Crippen LogP contribution >= 0.6 is 0 Å². The van der Waals surface area contributed by atoms with E-state index in [1.807, 2.05) is 13.1 Å². The molecule has 1 aliphatic heterocycles.